The predicted molar refractivity (Wildman–Crippen MR) is 63.7 cm³/mol. The van der Waals surface area contributed by atoms with Gasteiger partial charge in [-0.25, -0.2) is 18.1 Å². The number of hydrogen-bond donors (Lipinski definition) is 1. The van der Waals surface area contributed by atoms with Crippen molar-refractivity contribution in [2.45, 2.75) is 32.7 Å². The molecule has 0 amide bonds. The molecule has 92 valence electrons. The Hall–Kier alpha value is -0.880. The van der Waals surface area contributed by atoms with Crippen molar-refractivity contribution in [3.8, 4) is 0 Å². The van der Waals surface area contributed by atoms with Crippen LogP contribution in [0.15, 0.2) is 12.4 Å². The van der Waals surface area contributed by atoms with Crippen molar-refractivity contribution in [3.63, 3.8) is 0 Å². The molecule has 6 heteroatoms. The second kappa shape index (κ2) is 6.00. The fourth-order valence-electron chi connectivity index (χ4n) is 1.52. The Kier molecular flexibility index (Phi) is 4.95. The van der Waals surface area contributed by atoms with Gasteiger partial charge in [-0.3, -0.25) is 0 Å². The minimum Gasteiger partial charge on any atom is -0.335 e. The quantitative estimate of drug-likeness (QED) is 0.722. The highest BCUT2D eigenvalue weighted by Gasteiger charge is 2.01. The minimum absolute atomic E-state index is 0.509. The van der Waals surface area contributed by atoms with E-state index in [9.17, 15) is 8.42 Å². The van der Waals surface area contributed by atoms with Crippen LogP contribution in [-0.2, 0) is 23.0 Å². The summed E-state index contributed by atoms with van der Waals surface area (Å²) in [6.07, 6.45) is 7.66. The van der Waals surface area contributed by atoms with Gasteiger partial charge in [-0.1, -0.05) is 6.92 Å². The highest BCUT2D eigenvalue weighted by molar-refractivity contribution is 7.88. The van der Waals surface area contributed by atoms with Crippen molar-refractivity contribution in [1.29, 1.82) is 0 Å². The molecule has 0 saturated heterocycles. The number of sulfonamides is 1. The summed E-state index contributed by atoms with van der Waals surface area (Å²) in [5.74, 6) is 1.08. The van der Waals surface area contributed by atoms with E-state index in [1.807, 2.05) is 6.20 Å². The number of aryl methyl sites for hydroxylation is 2. The second-order valence-corrected chi connectivity index (χ2v) is 5.60. The molecule has 0 fully saturated rings. The van der Waals surface area contributed by atoms with Crippen molar-refractivity contribution in [1.82, 2.24) is 14.3 Å². The molecule has 0 aromatic carbocycles. The number of nitrogens with one attached hydrogen (secondary N) is 1. The van der Waals surface area contributed by atoms with Crippen molar-refractivity contribution >= 4 is 10.0 Å². The smallest absolute Gasteiger partial charge is 0.208 e. The molecule has 1 aromatic rings. The fraction of sp³-hybridized carbons (Fsp3) is 0.700. The first-order chi connectivity index (χ1) is 7.53. The van der Waals surface area contributed by atoms with Crippen LogP contribution in [0.3, 0.4) is 0 Å². The van der Waals surface area contributed by atoms with E-state index in [1.54, 1.807) is 6.20 Å². The van der Waals surface area contributed by atoms with Crippen LogP contribution in [0.2, 0.25) is 0 Å². The maximum Gasteiger partial charge on any atom is 0.208 e. The van der Waals surface area contributed by atoms with Crippen molar-refractivity contribution in [2.75, 3.05) is 12.8 Å². The predicted octanol–water partition coefficient (Wildman–Crippen LogP) is 0.775. The molecule has 0 radical (unpaired) electrons. The van der Waals surface area contributed by atoms with Crippen LogP contribution >= 0.6 is 0 Å². The van der Waals surface area contributed by atoms with Gasteiger partial charge in [0.25, 0.3) is 0 Å². The van der Waals surface area contributed by atoms with Gasteiger partial charge < -0.3 is 4.57 Å². The van der Waals surface area contributed by atoms with Crippen molar-refractivity contribution < 1.29 is 8.42 Å². The topological polar surface area (TPSA) is 64.0 Å². The Balaban J connectivity index is 2.21. The first-order valence-electron chi connectivity index (χ1n) is 5.47. The van der Waals surface area contributed by atoms with Crippen LogP contribution in [-0.4, -0.2) is 30.8 Å². The Labute approximate surface area is 96.9 Å². The second-order valence-electron chi connectivity index (χ2n) is 3.76. The number of unbranched alkanes of at least 4 members (excludes halogenated alkanes) is 1. The molecule has 0 unspecified atom stereocenters. The maximum atomic E-state index is 10.8. The van der Waals surface area contributed by atoms with Gasteiger partial charge in [0.15, 0.2) is 0 Å². The standard InChI is InChI=1S/C10H19N3O2S/c1-3-10-11-7-9-13(10)8-5-4-6-12-16(2,14)15/h7,9,12H,3-6,8H2,1-2H3. The third-order valence-electron chi connectivity index (χ3n) is 2.31. The lowest BCUT2D eigenvalue weighted by Gasteiger charge is -2.06. The lowest BCUT2D eigenvalue weighted by Crippen LogP contribution is -2.23. The summed E-state index contributed by atoms with van der Waals surface area (Å²) in [7, 11) is -3.04. The lowest BCUT2D eigenvalue weighted by molar-refractivity contribution is 0.564. The molecule has 5 nitrogen and oxygen atoms in total. The van der Waals surface area contributed by atoms with Crippen LogP contribution in [0, 0.1) is 0 Å². The van der Waals surface area contributed by atoms with Crippen LogP contribution in [0.5, 0.6) is 0 Å². The zero-order valence-corrected chi connectivity index (χ0v) is 10.6. The van der Waals surface area contributed by atoms with Gasteiger partial charge in [0.1, 0.15) is 5.82 Å². The highest BCUT2D eigenvalue weighted by atomic mass is 32.2. The normalized spacial score (nSPS) is 11.9. The molecule has 0 saturated carbocycles. The SMILES string of the molecule is CCc1nccn1CCCCNS(C)(=O)=O. The molecular formula is C10H19N3O2S. The largest absolute Gasteiger partial charge is 0.335 e. The summed E-state index contributed by atoms with van der Waals surface area (Å²) in [5.41, 5.74) is 0. The molecule has 1 aromatic heterocycles. The highest BCUT2D eigenvalue weighted by Crippen LogP contribution is 2.01. The number of nitrogens with zero attached hydrogens (tertiary/aromatic N) is 2. The van der Waals surface area contributed by atoms with Crippen molar-refractivity contribution in [3.05, 3.63) is 18.2 Å². The molecule has 0 aliphatic rings. The van der Waals surface area contributed by atoms with Gasteiger partial charge in [-0.05, 0) is 12.8 Å². The number of rotatable bonds is 7. The summed E-state index contributed by atoms with van der Waals surface area (Å²) in [6, 6.07) is 0. The molecule has 1 N–H and O–H groups in total. The summed E-state index contributed by atoms with van der Waals surface area (Å²) >= 11 is 0. The Morgan fingerprint density at radius 3 is 2.81 bits per heavy atom. The van der Waals surface area contributed by atoms with E-state index >= 15 is 0 Å². The number of imidazole rings is 1. The van der Waals surface area contributed by atoms with E-state index < -0.39 is 10.0 Å². The molecule has 1 heterocycles. The van der Waals surface area contributed by atoms with E-state index in [-0.39, 0.29) is 0 Å². The van der Waals surface area contributed by atoms with E-state index in [4.69, 9.17) is 0 Å². The Bertz CT molecular complexity index is 411. The van der Waals surface area contributed by atoms with Crippen LogP contribution < -0.4 is 4.72 Å². The monoisotopic (exact) mass is 245 g/mol. The minimum atomic E-state index is -3.04. The summed E-state index contributed by atoms with van der Waals surface area (Å²) in [5, 5.41) is 0. The van der Waals surface area contributed by atoms with E-state index in [1.165, 1.54) is 6.26 Å². The van der Waals surface area contributed by atoms with Gasteiger partial charge in [0.05, 0.1) is 6.26 Å². The van der Waals surface area contributed by atoms with Gasteiger partial charge in [0.2, 0.25) is 10.0 Å². The first kappa shape index (κ1) is 13.2. The van der Waals surface area contributed by atoms with Crippen LogP contribution in [0.1, 0.15) is 25.6 Å². The molecule has 1 rings (SSSR count). The number of hydrogen-bond acceptors (Lipinski definition) is 3. The van der Waals surface area contributed by atoms with Gasteiger partial charge >= 0.3 is 0 Å². The first-order valence-corrected chi connectivity index (χ1v) is 7.36. The van der Waals surface area contributed by atoms with Gasteiger partial charge in [0, 0.05) is 31.9 Å². The number of aromatic nitrogens is 2. The summed E-state index contributed by atoms with van der Waals surface area (Å²) in [4.78, 5) is 4.22. The summed E-state index contributed by atoms with van der Waals surface area (Å²) in [6.45, 7) is 3.48. The zero-order valence-electron chi connectivity index (χ0n) is 9.81. The molecule has 0 aliphatic heterocycles. The molecule has 0 aliphatic carbocycles. The van der Waals surface area contributed by atoms with Gasteiger partial charge in [-0.15, -0.1) is 0 Å². The van der Waals surface area contributed by atoms with Crippen LogP contribution in [0.4, 0.5) is 0 Å². The van der Waals surface area contributed by atoms with Crippen molar-refractivity contribution in [2.24, 2.45) is 0 Å². The maximum absolute atomic E-state index is 10.8. The average molecular weight is 245 g/mol. The molecule has 0 atom stereocenters. The molecule has 16 heavy (non-hydrogen) atoms. The summed E-state index contributed by atoms with van der Waals surface area (Å²) < 4.78 is 26.2. The van der Waals surface area contributed by atoms with Gasteiger partial charge in [-0.2, -0.15) is 0 Å². The average Bonchev–Trinajstić information content (AvgIpc) is 2.63. The third-order valence-corrected chi connectivity index (χ3v) is 3.04. The fourth-order valence-corrected chi connectivity index (χ4v) is 2.04. The van der Waals surface area contributed by atoms with E-state index in [0.717, 1.165) is 31.6 Å². The third kappa shape index (κ3) is 4.76. The molecule has 0 bridgehead atoms. The Morgan fingerprint density at radius 2 is 2.19 bits per heavy atom. The molecular weight excluding hydrogens is 226 g/mol. The molecule has 0 spiro atoms. The van der Waals surface area contributed by atoms with Crippen LogP contribution in [0.25, 0.3) is 0 Å². The van der Waals surface area contributed by atoms with E-state index in [0.29, 0.717) is 6.54 Å². The lowest BCUT2D eigenvalue weighted by atomic mass is 10.3. The Morgan fingerprint density at radius 1 is 1.44 bits per heavy atom. The zero-order chi connectivity index (χ0) is 12.0. The van der Waals surface area contributed by atoms with E-state index in [2.05, 4.69) is 21.2 Å².